The zero-order valence-corrected chi connectivity index (χ0v) is 34.4. The van der Waals surface area contributed by atoms with Gasteiger partial charge in [0.1, 0.15) is 0 Å². The minimum atomic E-state index is 0.566. The van der Waals surface area contributed by atoms with Gasteiger partial charge < -0.3 is 0 Å². The maximum atomic E-state index is 5.42. The maximum absolute atomic E-state index is 5.42. The SMILES string of the molecule is c1ccc2c(c1)sc1cc(-c3nc(-c4ccc5sc6ccccc6c5c4)nc(N(c4ccc5c(c4)sc4ccccc45)c4ccc5sc6ccccc6c5c4)n3)ccc12. The van der Waals surface area contributed by atoms with E-state index in [4.69, 9.17) is 15.0 Å². The molecule has 0 fully saturated rings. The number of benzene rings is 8. The van der Waals surface area contributed by atoms with Gasteiger partial charge in [0.25, 0.3) is 0 Å². The smallest absolute Gasteiger partial charge is 0.238 e. The van der Waals surface area contributed by atoms with E-state index in [1.807, 2.05) is 34.0 Å². The highest BCUT2D eigenvalue weighted by Gasteiger charge is 2.22. The molecule has 0 aliphatic carbocycles. The lowest BCUT2D eigenvalue weighted by Crippen LogP contribution is -2.15. The van der Waals surface area contributed by atoms with Crippen molar-refractivity contribution >= 4 is 143 Å². The van der Waals surface area contributed by atoms with E-state index >= 15 is 0 Å². The summed E-state index contributed by atoms with van der Waals surface area (Å²) in [5.41, 5.74) is 3.89. The fourth-order valence-electron chi connectivity index (χ4n) is 8.54. The van der Waals surface area contributed by atoms with Gasteiger partial charge in [0, 0.05) is 97.5 Å². The highest BCUT2D eigenvalue weighted by molar-refractivity contribution is 7.27. The molecule has 0 radical (unpaired) electrons. The zero-order valence-electron chi connectivity index (χ0n) is 31.1. The minimum absolute atomic E-state index is 0.566. The molecular formula is C51H28N4S4. The van der Waals surface area contributed by atoms with E-state index < -0.39 is 0 Å². The van der Waals surface area contributed by atoms with E-state index in [0.717, 1.165) is 22.5 Å². The summed E-state index contributed by atoms with van der Waals surface area (Å²) in [7, 11) is 0. The Labute approximate surface area is 353 Å². The molecule has 13 rings (SSSR count). The van der Waals surface area contributed by atoms with Gasteiger partial charge >= 0.3 is 0 Å². The molecule has 0 spiro atoms. The Bertz CT molecular complexity index is 3830. The number of fused-ring (bicyclic) bond motifs is 12. The molecule has 0 aliphatic rings. The quantitative estimate of drug-likeness (QED) is 0.173. The number of thiophene rings is 4. The molecule has 0 bridgehead atoms. The molecule has 8 aromatic carbocycles. The maximum Gasteiger partial charge on any atom is 0.238 e. The summed E-state index contributed by atoms with van der Waals surface area (Å²) in [6.45, 7) is 0. The lowest BCUT2D eigenvalue weighted by Gasteiger charge is -2.24. The van der Waals surface area contributed by atoms with Crippen molar-refractivity contribution in [1.82, 2.24) is 15.0 Å². The van der Waals surface area contributed by atoms with Gasteiger partial charge in [-0.25, -0.2) is 4.98 Å². The van der Waals surface area contributed by atoms with Crippen LogP contribution in [0.5, 0.6) is 0 Å². The van der Waals surface area contributed by atoms with Gasteiger partial charge in [-0.3, -0.25) is 4.90 Å². The second-order valence-electron chi connectivity index (χ2n) is 14.8. The highest BCUT2D eigenvalue weighted by atomic mass is 32.1. The van der Waals surface area contributed by atoms with Crippen LogP contribution >= 0.6 is 45.3 Å². The van der Waals surface area contributed by atoms with E-state index in [1.165, 1.54) is 80.7 Å². The third kappa shape index (κ3) is 5.34. The van der Waals surface area contributed by atoms with Crippen LogP contribution in [0.3, 0.4) is 0 Å². The first-order valence-corrected chi connectivity index (χ1v) is 22.7. The first-order valence-electron chi connectivity index (χ1n) is 19.4. The molecule has 0 saturated carbocycles. The van der Waals surface area contributed by atoms with Crippen LogP contribution in [-0.2, 0) is 0 Å². The third-order valence-corrected chi connectivity index (χ3v) is 15.9. The minimum Gasteiger partial charge on any atom is -0.279 e. The van der Waals surface area contributed by atoms with Crippen LogP contribution in [0.2, 0.25) is 0 Å². The van der Waals surface area contributed by atoms with E-state index in [1.54, 1.807) is 11.3 Å². The summed E-state index contributed by atoms with van der Waals surface area (Å²) >= 11 is 7.27. The zero-order chi connectivity index (χ0) is 38.6. The molecule has 0 amide bonds. The Balaban J connectivity index is 1.08. The number of anilines is 3. The van der Waals surface area contributed by atoms with Crippen molar-refractivity contribution < 1.29 is 0 Å². The van der Waals surface area contributed by atoms with E-state index in [2.05, 4.69) is 175 Å². The number of nitrogens with zero attached hydrogens (tertiary/aromatic N) is 4. The topological polar surface area (TPSA) is 41.9 Å². The van der Waals surface area contributed by atoms with Gasteiger partial charge in [0.2, 0.25) is 5.95 Å². The van der Waals surface area contributed by atoms with Crippen LogP contribution in [0.1, 0.15) is 0 Å². The fourth-order valence-corrected chi connectivity index (χ4v) is 13.0. The normalized spacial score (nSPS) is 12.1. The van der Waals surface area contributed by atoms with Crippen LogP contribution in [0.15, 0.2) is 170 Å². The van der Waals surface area contributed by atoms with Crippen LogP contribution in [0.25, 0.3) is 103 Å². The summed E-state index contributed by atoms with van der Waals surface area (Å²) in [6.07, 6.45) is 0. The molecule has 4 nitrogen and oxygen atoms in total. The standard InChI is InChI=1S/C51H28N4S4/c1-5-13-41-33(9-1)37-21-17-30(26-47(37)58-41)50-52-49(29-18-23-45-39(25-29)35-11-3-7-15-43(35)56-45)53-51(54-50)55(31-20-24-46-40(27-31)36-12-4-8-16-44(36)57-46)32-19-22-38-34-10-2-6-14-42(34)59-48(38)28-32/h1-28H. The first kappa shape index (κ1) is 33.4. The van der Waals surface area contributed by atoms with Crippen LogP contribution in [0, 0.1) is 0 Å². The van der Waals surface area contributed by atoms with Crippen LogP contribution < -0.4 is 4.90 Å². The molecule has 0 N–H and O–H groups in total. The van der Waals surface area contributed by atoms with Gasteiger partial charge in [-0.1, -0.05) is 91.0 Å². The number of rotatable bonds is 5. The van der Waals surface area contributed by atoms with E-state index in [9.17, 15) is 0 Å². The second kappa shape index (κ2) is 13.0. The van der Waals surface area contributed by atoms with Crippen LogP contribution in [-0.4, -0.2) is 15.0 Å². The molecule has 13 aromatic rings. The van der Waals surface area contributed by atoms with Gasteiger partial charge in [0.05, 0.1) is 5.69 Å². The third-order valence-electron chi connectivity index (χ3n) is 11.3. The first-order chi connectivity index (χ1) is 29.2. The van der Waals surface area contributed by atoms with Crippen molar-refractivity contribution in [2.75, 3.05) is 4.90 Å². The summed E-state index contributed by atoms with van der Waals surface area (Å²) in [6, 6.07) is 61.4. The van der Waals surface area contributed by atoms with Gasteiger partial charge in [0.15, 0.2) is 11.6 Å². The molecule has 5 heterocycles. The van der Waals surface area contributed by atoms with Gasteiger partial charge in [-0.05, 0) is 78.9 Å². The molecule has 0 saturated heterocycles. The predicted molar refractivity (Wildman–Crippen MR) is 257 cm³/mol. The van der Waals surface area contributed by atoms with E-state index in [-0.39, 0.29) is 0 Å². The van der Waals surface area contributed by atoms with Gasteiger partial charge in [-0.2, -0.15) is 9.97 Å². The Hall–Kier alpha value is -6.55. The highest BCUT2D eigenvalue weighted by Crippen LogP contribution is 2.44. The number of aromatic nitrogens is 3. The van der Waals surface area contributed by atoms with Crippen molar-refractivity contribution in [3.63, 3.8) is 0 Å². The van der Waals surface area contributed by atoms with Gasteiger partial charge in [-0.15, -0.1) is 45.3 Å². The molecular weight excluding hydrogens is 797 g/mol. The van der Waals surface area contributed by atoms with Crippen molar-refractivity contribution in [2.45, 2.75) is 0 Å². The summed E-state index contributed by atoms with van der Waals surface area (Å²) < 4.78 is 10.0. The summed E-state index contributed by atoms with van der Waals surface area (Å²) in [4.78, 5) is 18.4. The Kier molecular flexibility index (Phi) is 7.35. The van der Waals surface area contributed by atoms with Crippen LogP contribution in [0.4, 0.5) is 17.3 Å². The molecule has 276 valence electrons. The molecule has 8 heteroatoms. The number of hydrogen-bond acceptors (Lipinski definition) is 8. The molecule has 0 aliphatic heterocycles. The Morgan fingerprint density at radius 3 is 1.29 bits per heavy atom. The van der Waals surface area contributed by atoms with Crippen molar-refractivity contribution in [3.8, 4) is 22.8 Å². The number of hydrogen-bond donors (Lipinski definition) is 0. The lowest BCUT2D eigenvalue weighted by molar-refractivity contribution is 1.02. The monoisotopic (exact) mass is 824 g/mol. The lowest BCUT2D eigenvalue weighted by atomic mass is 10.1. The molecule has 5 aromatic heterocycles. The Morgan fingerprint density at radius 2 is 0.678 bits per heavy atom. The van der Waals surface area contributed by atoms with Crippen molar-refractivity contribution in [3.05, 3.63) is 170 Å². The summed E-state index contributed by atoms with van der Waals surface area (Å²) in [5.74, 6) is 1.83. The molecule has 59 heavy (non-hydrogen) atoms. The molecule has 0 unspecified atom stereocenters. The van der Waals surface area contributed by atoms with Crippen molar-refractivity contribution in [2.24, 2.45) is 0 Å². The average Bonchev–Trinajstić information content (AvgIpc) is 4.05. The summed E-state index contributed by atoms with van der Waals surface area (Å²) in [5, 5.41) is 9.95. The second-order valence-corrected chi connectivity index (χ2v) is 19.1. The van der Waals surface area contributed by atoms with E-state index in [0.29, 0.717) is 17.6 Å². The Morgan fingerprint density at radius 1 is 0.288 bits per heavy atom. The largest absolute Gasteiger partial charge is 0.279 e. The predicted octanol–water partition coefficient (Wildman–Crippen LogP) is 16.1. The van der Waals surface area contributed by atoms with Crippen molar-refractivity contribution in [1.29, 1.82) is 0 Å². The molecule has 0 atom stereocenters. The average molecular weight is 825 g/mol. The fraction of sp³-hybridized carbons (Fsp3) is 0.